The van der Waals surface area contributed by atoms with E-state index in [4.69, 9.17) is 9.47 Å². The summed E-state index contributed by atoms with van der Waals surface area (Å²) in [4.78, 5) is 13.7. The molecular formula is C22H23NO5S2. The largest absolute Gasteiger partial charge is 0.497 e. The Labute approximate surface area is 180 Å². The van der Waals surface area contributed by atoms with Crippen LogP contribution in [0.5, 0.6) is 11.5 Å². The Bertz CT molecular complexity index is 1190. The van der Waals surface area contributed by atoms with Crippen molar-refractivity contribution in [1.29, 1.82) is 0 Å². The number of methoxy groups -OCH3 is 1. The van der Waals surface area contributed by atoms with Gasteiger partial charge in [-0.05, 0) is 66.9 Å². The second kappa shape index (κ2) is 8.37. The first-order valence-corrected chi connectivity index (χ1v) is 12.0. The summed E-state index contributed by atoms with van der Waals surface area (Å²) in [6.45, 7) is 2.43. The van der Waals surface area contributed by atoms with E-state index in [9.17, 15) is 13.2 Å². The van der Waals surface area contributed by atoms with Crippen molar-refractivity contribution in [3.8, 4) is 11.5 Å². The first-order valence-electron chi connectivity index (χ1n) is 9.73. The molecule has 1 aromatic heterocycles. The Morgan fingerprint density at radius 2 is 1.80 bits per heavy atom. The highest BCUT2D eigenvalue weighted by molar-refractivity contribution is 7.91. The molecule has 6 nitrogen and oxygen atoms in total. The predicted octanol–water partition coefficient (Wildman–Crippen LogP) is 4.22. The van der Waals surface area contributed by atoms with Crippen molar-refractivity contribution in [1.82, 2.24) is 4.31 Å². The Kier molecular flexibility index (Phi) is 5.81. The molecule has 1 saturated heterocycles. The van der Waals surface area contributed by atoms with Gasteiger partial charge in [0.05, 0.1) is 13.0 Å². The van der Waals surface area contributed by atoms with Crippen LogP contribution in [0.2, 0.25) is 0 Å². The molecular weight excluding hydrogens is 422 g/mol. The Morgan fingerprint density at radius 1 is 1.07 bits per heavy atom. The minimum Gasteiger partial charge on any atom is -0.497 e. The van der Waals surface area contributed by atoms with Gasteiger partial charge >= 0.3 is 5.97 Å². The fraction of sp³-hybridized carbons (Fsp3) is 0.318. The average molecular weight is 446 g/mol. The quantitative estimate of drug-likeness (QED) is 0.434. The highest BCUT2D eigenvalue weighted by Crippen LogP contribution is 2.30. The van der Waals surface area contributed by atoms with Crippen LogP contribution in [-0.2, 0) is 14.8 Å². The number of benzene rings is 2. The lowest BCUT2D eigenvalue weighted by Crippen LogP contribution is -2.43. The van der Waals surface area contributed by atoms with Crippen LogP contribution in [-0.4, -0.2) is 38.9 Å². The van der Waals surface area contributed by atoms with Crippen molar-refractivity contribution in [3.63, 3.8) is 0 Å². The summed E-state index contributed by atoms with van der Waals surface area (Å²) in [6.07, 6.45) is 1.23. The van der Waals surface area contributed by atoms with Gasteiger partial charge in [0.2, 0.25) is 0 Å². The molecule has 2 aromatic carbocycles. The van der Waals surface area contributed by atoms with Crippen molar-refractivity contribution in [2.24, 2.45) is 5.92 Å². The fourth-order valence-corrected chi connectivity index (χ4v) is 6.59. The van der Waals surface area contributed by atoms with Crippen molar-refractivity contribution in [2.75, 3.05) is 20.2 Å². The number of nitrogens with zero attached hydrogens (tertiary/aromatic N) is 1. The number of piperidine rings is 1. The van der Waals surface area contributed by atoms with Gasteiger partial charge in [-0.3, -0.25) is 4.79 Å². The predicted molar refractivity (Wildman–Crippen MR) is 117 cm³/mol. The normalized spacial score (nSPS) is 17.7. The SMILES string of the molecule is COc1ccc2ccc(OC(=O)C3CCCN(S(=O)(=O)c4ccc(C)s4)C3)cc2c1. The van der Waals surface area contributed by atoms with E-state index in [1.54, 1.807) is 31.4 Å². The minimum absolute atomic E-state index is 0.138. The van der Waals surface area contributed by atoms with Crippen LogP contribution in [0.25, 0.3) is 10.8 Å². The van der Waals surface area contributed by atoms with Gasteiger partial charge in [0.25, 0.3) is 10.0 Å². The van der Waals surface area contributed by atoms with E-state index in [-0.39, 0.29) is 6.54 Å². The van der Waals surface area contributed by atoms with E-state index >= 15 is 0 Å². The van der Waals surface area contributed by atoms with E-state index in [1.807, 2.05) is 31.2 Å². The lowest BCUT2D eigenvalue weighted by Gasteiger charge is -2.30. The van der Waals surface area contributed by atoms with Gasteiger partial charge in [-0.25, -0.2) is 8.42 Å². The maximum Gasteiger partial charge on any atom is 0.315 e. The van der Waals surface area contributed by atoms with Crippen LogP contribution in [0.1, 0.15) is 17.7 Å². The van der Waals surface area contributed by atoms with Crippen molar-refractivity contribution in [3.05, 3.63) is 53.4 Å². The monoisotopic (exact) mass is 445 g/mol. The smallest absolute Gasteiger partial charge is 0.315 e. The molecule has 0 radical (unpaired) electrons. The summed E-state index contributed by atoms with van der Waals surface area (Å²) in [7, 11) is -1.98. The number of esters is 1. The summed E-state index contributed by atoms with van der Waals surface area (Å²) in [5.74, 6) is 0.271. The third-order valence-corrected chi connectivity index (χ3v) is 8.60. The van der Waals surface area contributed by atoms with Crippen molar-refractivity contribution < 1.29 is 22.7 Å². The second-order valence-corrected chi connectivity index (χ2v) is 10.8. The number of fused-ring (bicyclic) bond motifs is 1. The molecule has 1 unspecified atom stereocenters. The van der Waals surface area contributed by atoms with Gasteiger partial charge in [0.15, 0.2) is 0 Å². The topological polar surface area (TPSA) is 72.9 Å². The van der Waals surface area contributed by atoms with Crippen molar-refractivity contribution >= 4 is 38.1 Å². The molecule has 158 valence electrons. The molecule has 8 heteroatoms. The van der Waals surface area contributed by atoms with Crippen molar-refractivity contribution in [2.45, 2.75) is 24.0 Å². The number of hydrogen-bond donors (Lipinski definition) is 0. The maximum absolute atomic E-state index is 12.9. The van der Waals surface area contributed by atoms with Crippen LogP contribution in [0, 0.1) is 12.8 Å². The zero-order valence-electron chi connectivity index (χ0n) is 16.8. The summed E-state index contributed by atoms with van der Waals surface area (Å²) in [5, 5.41) is 1.91. The zero-order valence-corrected chi connectivity index (χ0v) is 18.5. The molecule has 1 fully saturated rings. The van der Waals surface area contributed by atoms with Crippen LogP contribution in [0.4, 0.5) is 0 Å². The number of thiophene rings is 1. The fourth-order valence-electron chi connectivity index (χ4n) is 3.62. The molecule has 0 amide bonds. The molecule has 30 heavy (non-hydrogen) atoms. The highest BCUT2D eigenvalue weighted by Gasteiger charge is 2.35. The van der Waals surface area contributed by atoms with Gasteiger partial charge in [-0.15, -0.1) is 11.3 Å². The molecule has 0 saturated carbocycles. The molecule has 1 atom stereocenters. The summed E-state index contributed by atoms with van der Waals surface area (Å²) in [5.41, 5.74) is 0. The highest BCUT2D eigenvalue weighted by atomic mass is 32.2. The lowest BCUT2D eigenvalue weighted by atomic mass is 10.00. The standard InChI is InChI=1S/C22H23NO5S2/c1-15-5-10-21(29-15)30(25,26)23-11-3-4-17(14-23)22(24)28-20-9-7-16-6-8-19(27-2)12-18(16)13-20/h5-10,12-13,17H,3-4,11,14H2,1-2H3. The van der Waals surface area contributed by atoms with Crippen LogP contribution in [0.15, 0.2) is 52.7 Å². The first-order chi connectivity index (χ1) is 14.4. The molecule has 1 aliphatic heterocycles. The molecule has 3 aromatic rings. The number of carbonyl (C=O) groups excluding carboxylic acids is 1. The molecule has 0 bridgehead atoms. The Morgan fingerprint density at radius 3 is 2.50 bits per heavy atom. The van der Waals surface area contributed by atoms with Gasteiger partial charge in [0.1, 0.15) is 15.7 Å². The number of rotatable bonds is 5. The summed E-state index contributed by atoms with van der Waals surface area (Å²) >= 11 is 1.25. The van der Waals surface area contributed by atoms with E-state index in [0.717, 1.165) is 21.4 Å². The summed E-state index contributed by atoms with van der Waals surface area (Å²) in [6, 6.07) is 14.5. The molecule has 0 spiro atoms. The van der Waals surface area contributed by atoms with Crippen LogP contribution < -0.4 is 9.47 Å². The molecule has 2 heterocycles. The van der Waals surface area contributed by atoms with E-state index in [1.165, 1.54) is 15.6 Å². The number of carbonyl (C=O) groups is 1. The molecule has 1 aliphatic rings. The first kappa shape index (κ1) is 20.8. The number of hydrogen-bond acceptors (Lipinski definition) is 6. The van der Waals surface area contributed by atoms with Crippen LogP contribution >= 0.6 is 11.3 Å². The van der Waals surface area contributed by atoms with Gasteiger partial charge in [-0.1, -0.05) is 12.1 Å². The average Bonchev–Trinajstić information content (AvgIpc) is 3.20. The van der Waals surface area contributed by atoms with E-state index in [0.29, 0.717) is 29.3 Å². The van der Waals surface area contributed by atoms with Gasteiger partial charge in [0, 0.05) is 18.0 Å². The van der Waals surface area contributed by atoms with E-state index < -0.39 is 21.9 Å². The third-order valence-electron chi connectivity index (χ3n) is 5.26. The summed E-state index contributed by atoms with van der Waals surface area (Å²) < 4.78 is 38.4. The van der Waals surface area contributed by atoms with Gasteiger partial charge in [-0.2, -0.15) is 4.31 Å². The zero-order chi connectivity index (χ0) is 21.3. The second-order valence-electron chi connectivity index (χ2n) is 7.36. The lowest BCUT2D eigenvalue weighted by molar-refractivity contribution is -0.140. The molecule has 0 N–H and O–H groups in total. The van der Waals surface area contributed by atoms with Gasteiger partial charge < -0.3 is 9.47 Å². The Hall–Kier alpha value is -2.42. The van der Waals surface area contributed by atoms with Crippen LogP contribution in [0.3, 0.4) is 0 Å². The minimum atomic E-state index is -3.59. The number of ether oxygens (including phenoxy) is 2. The molecule has 0 aliphatic carbocycles. The maximum atomic E-state index is 12.9. The number of aryl methyl sites for hydroxylation is 1. The third kappa shape index (κ3) is 4.21. The molecule has 4 rings (SSSR count). The Balaban J connectivity index is 1.49. The van der Waals surface area contributed by atoms with E-state index in [2.05, 4.69) is 0 Å². The number of sulfonamides is 1.